The molecule has 3 heterocycles. The molecular formula is C31H39BrClN3O7. The fourth-order valence-corrected chi connectivity index (χ4v) is 7.76. The predicted octanol–water partition coefficient (Wildman–Crippen LogP) is 3.39. The summed E-state index contributed by atoms with van der Waals surface area (Å²) >= 11 is 10.2. The quantitative estimate of drug-likeness (QED) is 0.175. The molecule has 0 saturated carbocycles. The van der Waals surface area contributed by atoms with E-state index in [1.54, 1.807) is 43.3 Å². The van der Waals surface area contributed by atoms with Gasteiger partial charge in [-0.3, -0.25) is 19.2 Å². The van der Waals surface area contributed by atoms with Gasteiger partial charge in [0.25, 0.3) is 5.91 Å². The molecule has 234 valence electrons. The van der Waals surface area contributed by atoms with E-state index in [0.717, 1.165) is 0 Å². The summed E-state index contributed by atoms with van der Waals surface area (Å²) in [4.78, 5) is 57.1. The summed E-state index contributed by atoms with van der Waals surface area (Å²) in [6.07, 6.45) is 3.32. The highest BCUT2D eigenvalue weighted by Gasteiger charge is 2.77. The summed E-state index contributed by atoms with van der Waals surface area (Å²) in [7, 11) is 0. The number of hydrogen-bond acceptors (Lipinski definition) is 7. The third kappa shape index (κ3) is 6.14. The number of carbonyl (C=O) groups excluding carboxylic acids is 4. The molecule has 12 heteroatoms. The van der Waals surface area contributed by atoms with Gasteiger partial charge in [0.2, 0.25) is 11.8 Å². The van der Waals surface area contributed by atoms with Crippen LogP contribution in [0.1, 0.15) is 39.5 Å². The Morgan fingerprint density at radius 3 is 2.67 bits per heavy atom. The summed E-state index contributed by atoms with van der Waals surface area (Å²) in [6.45, 7) is 10.7. The van der Waals surface area contributed by atoms with E-state index in [2.05, 4.69) is 34.4 Å². The molecule has 43 heavy (non-hydrogen) atoms. The summed E-state index contributed by atoms with van der Waals surface area (Å²) in [5.41, 5.74) is -0.900. The van der Waals surface area contributed by atoms with E-state index in [1.807, 2.05) is 6.92 Å². The summed E-state index contributed by atoms with van der Waals surface area (Å²) in [5.74, 6) is -3.70. The number of ether oxygens (including phenoxy) is 2. The van der Waals surface area contributed by atoms with Crippen LogP contribution in [-0.2, 0) is 28.7 Å². The SMILES string of the molecule is C=CCCC(=O)NC[C@H](C)OC(=O)[C@H]1[C@@H]2O[C@@]3(CC2Br)[C@@H]1C(=O)N([C@@H](CC)CO)[C@@H]3C(=O)N(CC=C)c1ccccc1Cl. The van der Waals surface area contributed by atoms with Crippen molar-refractivity contribution in [1.29, 1.82) is 0 Å². The molecule has 3 saturated heterocycles. The first-order valence-electron chi connectivity index (χ1n) is 14.6. The number of aliphatic hydroxyl groups is 1. The maximum Gasteiger partial charge on any atom is 0.312 e. The van der Waals surface area contributed by atoms with E-state index in [9.17, 15) is 24.3 Å². The van der Waals surface area contributed by atoms with Crippen molar-refractivity contribution >= 4 is 56.9 Å². The summed E-state index contributed by atoms with van der Waals surface area (Å²) in [6, 6.07) is 5.07. The Hall–Kier alpha value is -2.73. The van der Waals surface area contributed by atoms with Crippen LogP contribution in [0.2, 0.25) is 5.02 Å². The fraction of sp³-hybridized carbons (Fsp3) is 0.548. The Kier molecular flexibility index (Phi) is 10.7. The van der Waals surface area contributed by atoms with Gasteiger partial charge in [-0.25, -0.2) is 0 Å². The molecule has 1 unspecified atom stereocenters. The molecular weight excluding hydrogens is 642 g/mol. The Labute approximate surface area is 265 Å². The number of nitrogens with zero attached hydrogens (tertiary/aromatic N) is 2. The van der Waals surface area contributed by atoms with Gasteiger partial charge in [0.05, 0.1) is 47.8 Å². The van der Waals surface area contributed by atoms with Crippen molar-refractivity contribution < 1.29 is 33.8 Å². The highest BCUT2D eigenvalue weighted by atomic mass is 79.9. The number of carbonyl (C=O) groups is 4. The van der Waals surface area contributed by atoms with Crippen molar-refractivity contribution in [2.24, 2.45) is 11.8 Å². The lowest BCUT2D eigenvalue weighted by atomic mass is 9.70. The van der Waals surface area contributed by atoms with Crippen molar-refractivity contribution in [3.63, 3.8) is 0 Å². The number of hydrogen-bond donors (Lipinski definition) is 2. The number of amides is 3. The lowest BCUT2D eigenvalue weighted by Gasteiger charge is -2.39. The molecule has 3 aliphatic heterocycles. The lowest BCUT2D eigenvalue weighted by Crippen LogP contribution is -2.59. The number of halogens is 2. The van der Waals surface area contributed by atoms with Crippen LogP contribution in [0.3, 0.4) is 0 Å². The normalized spacial score (nSPS) is 28.6. The minimum Gasteiger partial charge on any atom is -0.460 e. The smallest absolute Gasteiger partial charge is 0.312 e. The Balaban J connectivity index is 1.68. The first-order chi connectivity index (χ1) is 20.6. The first kappa shape index (κ1) is 33.2. The number of rotatable bonds is 14. The highest BCUT2D eigenvalue weighted by molar-refractivity contribution is 9.09. The number of para-hydroxylation sites is 1. The molecule has 0 radical (unpaired) electrons. The molecule has 0 aliphatic carbocycles. The molecule has 4 rings (SSSR count). The van der Waals surface area contributed by atoms with Crippen LogP contribution in [-0.4, -0.2) is 88.1 Å². The zero-order valence-corrected chi connectivity index (χ0v) is 26.8. The van der Waals surface area contributed by atoms with Gasteiger partial charge in [-0.15, -0.1) is 13.2 Å². The Morgan fingerprint density at radius 1 is 1.33 bits per heavy atom. The van der Waals surface area contributed by atoms with Gasteiger partial charge in [-0.1, -0.05) is 58.7 Å². The van der Waals surface area contributed by atoms with E-state index >= 15 is 0 Å². The molecule has 8 atom stereocenters. The average molecular weight is 681 g/mol. The average Bonchev–Trinajstić information content (AvgIpc) is 3.58. The summed E-state index contributed by atoms with van der Waals surface area (Å²) < 4.78 is 12.3. The second kappa shape index (κ2) is 13.9. The van der Waals surface area contributed by atoms with Crippen molar-refractivity contribution in [1.82, 2.24) is 10.2 Å². The highest BCUT2D eigenvalue weighted by Crippen LogP contribution is 2.61. The van der Waals surface area contributed by atoms with Crippen LogP contribution in [0.25, 0.3) is 0 Å². The number of benzene rings is 1. The predicted molar refractivity (Wildman–Crippen MR) is 166 cm³/mol. The van der Waals surface area contributed by atoms with Crippen molar-refractivity contribution in [3.05, 3.63) is 54.6 Å². The maximum absolute atomic E-state index is 14.6. The standard InChI is InChI=1S/C31H39BrClN3O7/c1-5-8-13-23(38)34-16-18(4)42-30(41)24-25-28(39)36(19(7-3)17-37)27(31(25)15-20(32)26(24)43-31)29(40)35(14-6-2)22-12-10-9-11-21(22)33/h5-6,9-12,18-20,24-27,37H,1-2,7-8,13-17H2,3-4H3,(H,34,38)/t18-,19-,20?,24+,25-,26+,27+,31-/m0/s1. The molecule has 10 nitrogen and oxygen atoms in total. The second-order valence-corrected chi connectivity index (χ2v) is 12.8. The van der Waals surface area contributed by atoms with E-state index < -0.39 is 59.5 Å². The van der Waals surface area contributed by atoms with Crippen LogP contribution in [0, 0.1) is 11.8 Å². The first-order valence-corrected chi connectivity index (χ1v) is 15.8. The van der Waals surface area contributed by atoms with Gasteiger partial charge >= 0.3 is 5.97 Å². The van der Waals surface area contributed by atoms with Gasteiger partial charge in [-0.05, 0) is 38.3 Å². The molecule has 3 fully saturated rings. The molecule has 2 bridgehead atoms. The lowest BCUT2D eigenvalue weighted by molar-refractivity contribution is -0.159. The van der Waals surface area contributed by atoms with Crippen LogP contribution < -0.4 is 10.2 Å². The third-order valence-electron chi connectivity index (χ3n) is 8.51. The third-order valence-corrected chi connectivity index (χ3v) is 9.67. The van der Waals surface area contributed by atoms with Gasteiger partial charge in [-0.2, -0.15) is 0 Å². The topological polar surface area (TPSA) is 125 Å². The van der Waals surface area contributed by atoms with E-state index in [-0.39, 0.29) is 36.9 Å². The molecule has 3 amide bonds. The Morgan fingerprint density at radius 2 is 2.05 bits per heavy atom. The number of likely N-dealkylation sites (tertiary alicyclic amines) is 1. The van der Waals surface area contributed by atoms with Crippen LogP contribution in [0.4, 0.5) is 5.69 Å². The van der Waals surface area contributed by atoms with Gasteiger partial charge in [0.15, 0.2) is 0 Å². The number of fused-ring (bicyclic) bond motifs is 1. The molecule has 0 aromatic heterocycles. The molecule has 1 aromatic rings. The second-order valence-electron chi connectivity index (χ2n) is 11.2. The number of anilines is 1. The van der Waals surface area contributed by atoms with Crippen molar-refractivity contribution in [3.8, 4) is 0 Å². The number of nitrogens with one attached hydrogen (secondary N) is 1. The largest absolute Gasteiger partial charge is 0.460 e. The molecule has 2 N–H and O–H groups in total. The fourth-order valence-electron chi connectivity index (χ4n) is 6.58. The molecule has 1 spiro atoms. The minimum absolute atomic E-state index is 0.103. The number of alkyl halides is 1. The number of esters is 1. The zero-order chi connectivity index (χ0) is 31.5. The Bertz CT molecular complexity index is 1260. The van der Waals surface area contributed by atoms with E-state index in [0.29, 0.717) is 30.0 Å². The number of allylic oxidation sites excluding steroid dienone is 1. The maximum atomic E-state index is 14.6. The van der Waals surface area contributed by atoms with E-state index in [4.69, 9.17) is 21.1 Å². The van der Waals surface area contributed by atoms with Crippen LogP contribution in [0.5, 0.6) is 0 Å². The van der Waals surface area contributed by atoms with Gasteiger partial charge in [0, 0.05) is 17.8 Å². The molecule has 3 aliphatic rings. The monoisotopic (exact) mass is 679 g/mol. The van der Waals surface area contributed by atoms with Crippen LogP contribution >= 0.6 is 27.5 Å². The van der Waals surface area contributed by atoms with Crippen molar-refractivity contribution in [2.45, 2.75) is 74.3 Å². The van der Waals surface area contributed by atoms with E-state index in [1.165, 1.54) is 9.80 Å². The van der Waals surface area contributed by atoms with Gasteiger partial charge < -0.3 is 29.7 Å². The van der Waals surface area contributed by atoms with Gasteiger partial charge in [0.1, 0.15) is 17.7 Å². The minimum atomic E-state index is -1.35. The zero-order valence-electron chi connectivity index (χ0n) is 24.4. The summed E-state index contributed by atoms with van der Waals surface area (Å²) in [5, 5.41) is 13.4. The number of aliphatic hydroxyl groups excluding tert-OH is 1. The molecule has 1 aromatic carbocycles. The van der Waals surface area contributed by atoms with Crippen molar-refractivity contribution in [2.75, 3.05) is 24.6 Å². The van der Waals surface area contributed by atoms with Crippen LogP contribution in [0.15, 0.2) is 49.6 Å².